The minimum Gasteiger partial charge on any atom is -0.496 e. The second-order valence-corrected chi connectivity index (χ2v) is 3.03. The van der Waals surface area contributed by atoms with Gasteiger partial charge in [-0.05, 0) is 13.0 Å². The summed E-state index contributed by atoms with van der Waals surface area (Å²) < 4.78 is 5.16. The number of benzene rings is 1. The summed E-state index contributed by atoms with van der Waals surface area (Å²) in [4.78, 5) is 11.2. The van der Waals surface area contributed by atoms with Gasteiger partial charge in [0, 0.05) is 16.7 Å². The van der Waals surface area contributed by atoms with Crippen LogP contribution >= 0.6 is 0 Å². The maximum Gasteiger partial charge on any atom is 0.190 e. The molecule has 0 fully saturated rings. The first-order chi connectivity index (χ1) is 6.25. The lowest BCUT2D eigenvalue weighted by Crippen LogP contribution is -1.86. The number of hydrogen-bond acceptors (Lipinski definition) is 2. The Morgan fingerprint density at radius 1 is 1.23 bits per heavy atom. The van der Waals surface area contributed by atoms with Crippen LogP contribution in [-0.2, 0) is 0 Å². The third-order valence-electron chi connectivity index (χ3n) is 2.26. The summed E-state index contributed by atoms with van der Waals surface area (Å²) >= 11 is 0. The van der Waals surface area contributed by atoms with E-state index in [1.807, 2.05) is 31.2 Å². The summed E-state index contributed by atoms with van der Waals surface area (Å²) in [6.45, 7) is 1.84. The third kappa shape index (κ3) is 1.15. The van der Waals surface area contributed by atoms with E-state index in [0.717, 1.165) is 22.4 Å². The van der Waals surface area contributed by atoms with E-state index in [-0.39, 0.29) is 5.43 Å². The third-order valence-corrected chi connectivity index (χ3v) is 2.26. The summed E-state index contributed by atoms with van der Waals surface area (Å²) in [5.74, 6) is 0.766. The molecule has 66 valence electrons. The lowest BCUT2D eigenvalue weighted by Gasteiger charge is -2.02. The van der Waals surface area contributed by atoms with Gasteiger partial charge in [0.1, 0.15) is 5.75 Å². The lowest BCUT2D eigenvalue weighted by molar-refractivity contribution is 0.416. The normalized spacial score (nSPS) is 10.6. The Labute approximate surface area is 76.5 Å². The largest absolute Gasteiger partial charge is 0.496 e. The van der Waals surface area contributed by atoms with Crippen molar-refractivity contribution in [3.63, 3.8) is 0 Å². The zero-order chi connectivity index (χ0) is 9.42. The van der Waals surface area contributed by atoms with Crippen molar-refractivity contribution in [2.24, 2.45) is 0 Å². The van der Waals surface area contributed by atoms with E-state index in [4.69, 9.17) is 4.74 Å². The summed E-state index contributed by atoms with van der Waals surface area (Å²) in [5, 5.41) is 0. The summed E-state index contributed by atoms with van der Waals surface area (Å²) in [6.07, 6.45) is 0. The maximum atomic E-state index is 11.2. The first-order valence-corrected chi connectivity index (χ1v) is 4.14. The molecule has 0 aromatic heterocycles. The molecule has 2 aromatic rings. The van der Waals surface area contributed by atoms with Crippen LogP contribution in [0.2, 0.25) is 0 Å². The van der Waals surface area contributed by atoms with Crippen molar-refractivity contribution >= 4 is 0 Å². The summed E-state index contributed by atoms with van der Waals surface area (Å²) in [6, 6.07) is 7.57. The van der Waals surface area contributed by atoms with Crippen LogP contribution in [-0.4, -0.2) is 7.11 Å². The highest BCUT2D eigenvalue weighted by atomic mass is 16.5. The van der Waals surface area contributed by atoms with Crippen LogP contribution in [0.5, 0.6) is 5.75 Å². The Morgan fingerprint density at radius 3 is 2.38 bits per heavy atom. The van der Waals surface area contributed by atoms with E-state index < -0.39 is 0 Å². The predicted octanol–water partition coefficient (Wildman–Crippen LogP) is 1.91. The van der Waals surface area contributed by atoms with Gasteiger partial charge in [0.25, 0.3) is 0 Å². The second-order valence-electron chi connectivity index (χ2n) is 3.03. The van der Waals surface area contributed by atoms with E-state index in [0.29, 0.717) is 0 Å². The predicted molar refractivity (Wildman–Crippen MR) is 51.8 cm³/mol. The van der Waals surface area contributed by atoms with Crippen molar-refractivity contribution in [3.8, 4) is 16.9 Å². The molecule has 0 N–H and O–H groups in total. The van der Waals surface area contributed by atoms with Gasteiger partial charge < -0.3 is 4.74 Å². The lowest BCUT2D eigenvalue weighted by atomic mass is 10.1. The van der Waals surface area contributed by atoms with E-state index in [2.05, 4.69) is 0 Å². The van der Waals surface area contributed by atoms with Crippen molar-refractivity contribution in [3.05, 3.63) is 40.1 Å². The molecule has 0 amide bonds. The van der Waals surface area contributed by atoms with Crippen LogP contribution in [0, 0.1) is 6.92 Å². The smallest absolute Gasteiger partial charge is 0.190 e. The Morgan fingerprint density at radius 2 is 1.85 bits per heavy atom. The molecule has 0 aliphatic carbocycles. The molecule has 2 aromatic carbocycles. The van der Waals surface area contributed by atoms with Gasteiger partial charge in [-0.2, -0.15) is 0 Å². The highest BCUT2D eigenvalue weighted by molar-refractivity contribution is 5.80. The molecule has 0 aliphatic rings. The average molecular weight is 174 g/mol. The van der Waals surface area contributed by atoms with Crippen molar-refractivity contribution in [1.82, 2.24) is 0 Å². The van der Waals surface area contributed by atoms with Crippen LogP contribution in [0.25, 0.3) is 11.1 Å². The molecular weight excluding hydrogens is 164 g/mol. The molecule has 0 spiro atoms. The standard InChI is InChI=1S/C11H10O2/c1-7-10(11(7)12)8-5-3-4-6-9(8)13-2/h3-6H,1-2H3. The van der Waals surface area contributed by atoms with Crippen LogP contribution in [0.15, 0.2) is 29.1 Å². The van der Waals surface area contributed by atoms with Gasteiger partial charge in [-0.15, -0.1) is 0 Å². The van der Waals surface area contributed by atoms with E-state index >= 15 is 0 Å². The molecule has 0 atom stereocenters. The Kier molecular flexibility index (Phi) is 1.69. The van der Waals surface area contributed by atoms with Gasteiger partial charge in [-0.25, -0.2) is 0 Å². The second kappa shape index (κ2) is 2.73. The van der Waals surface area contributed by atoms with Gasteiger partial charge in [0.15, 0.2) is 5.43 Å². The molecule has 0 bridgehead atoms. The van der Waals surface area contributed by atoms with Crippen molar-refractivity contribution in [2.45, 2.75) is 6.92 Å². The summed E-state index contributed by atoms with van der Waals surface area (Å²) in [5.41, 5.74) is 2.74. The quantitative estimate of drug-likeness (QED) is 0.695. The van der Waals surface area contributed by atoms with Crippen molar-refractivity contribution < 1.29 is 4.74 Å². The molecular formula is C11H10O2. The SMILES string of the molecule is COc1ccccc1-c1c(C)c1=O. The number of methoxy groups -OCH3 is 1. The first-order valence-electron chi connectivity index (χ1n) is 4.14. The fourth-order valence-electron chi connectivity index (χ4n) is 1.43. The molecule has 0 unspecified atom stereocenters. The molecule has 0 heterocycles. The average Bonchev–Trinajstić information content (AvgIpc) is 2.75. The molecule has 0 saturated heterocycles. The van der Waals surface area contributed by atoms with Crippen LogP contribution in [0.4, 0.5) is 0 Å². The molecule has 2 rings (SSSR count). The van der Waals surface area contributed by atoms with E-state index in [1.54, 1.807) is 7.11 Å². The number of hydrogen-bond donors (Lipinski definition) is 0. The van der Waals surface area contributed by atoms with Gasteiger partial charge in [0.2, 0.25) is 0 Å². The molecule has 0 radical (unpaired) electrons. The molecule has 2 heteroatoms. The zero-order valence-electron chi connectivity index (χ0n) is 7.63. The molecule has 0 aliphatic heterocycles. The van der Waals surface area contributed by atoms with Gasteiger partial charge in [-0.1, -0.05) is 18.2 Å². The first kappa shape index (κ1) is 8.05. The highest BCUT2D eigenvalue weighted by Gasteiger charge is 2.21. The highest BCUT2D eigenvalue weighted by Crippen LogP contribution is 2.32. The van der Waals surface area contributed by atoms with Crippen LogP contribution in [0.3, 0.4) is 0 Å². The number of ether oxygens (including phenoxy) is 1. The summed E-state index contributed by atoms with van der Waals surface area (Å²) in [7, 11) is 1.61. The minimum atomic E-state index is 0.157. The van der Waals surface area contributed by atoms with Crippen molar-refractivity contribution in [1.29, 1.82) is 0 Å². The zero-order valence-corrected chi connectivity index (χ0v) is 7.63. The monoisotopic (exact) mass is 174 g/mol. The molecule has 2 nitrogen and oxygen atoms in total. The molecule has 0 saturated carbocycles. The van der Waals surface area contributed by atoms with Crippen LogP contribution in [0.1, 0.15) is 5.56 Å². The maximum absolute atomic E-state index is 11.2. The Bertz CT molecular complexity index is 448. The van der Waals surface area contributed by atoms with Crippen molar-refractivity contribution in [2.75, 3.05) is 7.11 Å². The fraction of sp³-hybridized carbons (Fsp3) is 0.182. The number of para-hydroxylation sites is 1. The topological polar surface area (TPSA) is 26.3 Å². The molecule has 13 heavy (non-hydrogen) atoms. The Hall–Kier alpha value is -1.57. The van der Waals surface area contributed by atoms with Gasteiger partial charge in [-0.3, -0.25) is 4.79 Å². The van der Waals surface area contributed by atoms with Gasteiger partial charge in [0.05, 0.1) is 7.11 Å². The van der Waals surface area contributed by atoms with Gasteiger partial charge >= 0.3 is 0 Å². The minimum absolute atomic E-state index is 0.157. The van der Waals surface area contributed by atoms with Crippen LogP contribution < -0.4 is 10.2 Å². The number of rotatable bonds is 2. The fourth-order valence-corrected chi connectivity index (χ4v) is 1.43. The van der Waals surface area contributed by atoms with E-state index in [1.165, 1.54) is 0 Å². The Balaban J connectivity index is 2.52. The van der Waals surface area contributed by atoms with E-state index in [9.17, 15) is 4.79 Å².